The Bertz CT molecular complexity index is 466. The molecule has 0 unspecified atom stereocenters. The monoisotopic (exact) mass is 286 g/mol. The number of carboxylic acids is 1. The Morgan fingerprint density at radius 2 is 2.05 bits per heavy atom. The molecule has 1 rings (SSSR count). The van der Waals surface area contributed by atoms with E-state index in [9.17, 15) is 15.0 Å². The summed E-state index contributed by atoms with van der Waals surface area (Å²) in [6.07, 6.45) is 0.813. The normalized spacial score (nSPS) is 11.4. The Hall–Kier alpha value is -1.42. The summed E-state index contributed by atoms with van der Waals surface area (Å²) in [5, 5.41) is 19.7. The SMILES string of the molecule is CCc1cc(OC)c(O)c(CC(C)(C)C(=O)O)c1Cl. The highest BCUT2D eigenvalue weighted by atomic mass is 35.5. The summed E-state index contributed by atoms with van der Waals surface area (Å²) in [5.74, 6) is -0.708. The van der Waals surface area contributed by atoms with E-state index in [1.807, 2.05) is 6.92 Å². The Morgan fingerprint density at radius 3 is 2.47 bits per heavy atom. The maximum Gasteiger partial charge on any atom is 0.309 e. The Kier molecular flexibility index (Phi) is 4.69. The summed E-state index contributed by atoms with van der Waals surface area (Å²) in [4.78, 5) is 11.2. The van der Waals surface area contributed by atoms with Gasteiger partial charge in [0.15, 0.2) is 11.5 Å². The highest BCUT2D eigenvalue weighted by molar-refractivity contribution is 6.32. The van der Waals surface area contributed by atoms with Crippen molar-refractivity contribution in [1.82, 2.24) is 0 Å². The molecule has 0 saturated carbocycles. The fraction of sp³-hybridized carbons (Fsp3) is 0.500. The van der Waals surface area contributed by atoms with Crippen LogP contribution in [0.15, 0.2) is 6.07 Å². The predicted octanol–water partition coefficient (Wildman–Crippen LogP) is 3.27. The average Bonchev–Trinajstić information content (AvgIpc) is 2.34. The van der Waals surface area contributed by atoms with Crippen LogP contribution in [0.25, 0.3) is 0 Å². The lowest BCUT2D eigenvalue weighted by atomic mass is 9.85. The highest BCUT2D eigenvalue weighted by Gasteiger charge is 2.31. The van der Waals surface area contributed by atoms with E-state index < -0.39 is 11.4 Å². The van der Waals surface area contributed by atoms with Gasteiger partial charge in [0, 0.05) is 5.56 Å². The summed E-state index contributed by atoms with van der Waals surface area (Å²) in [6.45, 7) is 5.12. The number of aryl methyl sites for hydroxylation is 1. The van der Waals surface area contributed by atoms with E-state index in [0.717, 1.165) is 5.56 Å². The van der Waals surface area contributed by atoms with Crippen LogP contribution >= 0.6 is 11.6 Å². The third-order valence-corrected chi connectivity index (χ3v) is 3.64. The molecule has 19 heavy (non-hydrogen) atoms. The number of aromatic hydroxyl groups is 1. The molecule has 0 aliphatic rings. The zero-order chi connectivity index (χ0) is 14.8. The molecule has 0 fully saturated rings. The Balaban J connectivity index is 3.37. The maximum absolute atomic E-state index is 11.2. The molecule has 0 aromatic heterocycles. The lowest BCUT2D eigenvalue weighted by molar-refractivity contribution is -0.146. The molecule has 4 nitrogen and oxygen atoms in total. The van der Waals surface area contributed by atoms with Gasteiger partial charge in [-0.3, -0.25) is 4.79 Å². The second kappa shape index (κ2) is 5.70. The first kappa shape index (κ1) is 15.6. The highest BCUT2D eigenvalue weighted by Crippen LogP contribution is 2.41. The molecule has 0 aliphatic carbocycles. The van der Waals surface area contributed by atoms with E-state index in [-0.39, 0.29) is 12.2 Å². The molecule has 0 radical (unpaired) electrons. The number of phenolic OH excluding ortho intramolecular Hbond substituents is 1. The molecule has 0 saturated heterocycles. The van der Waals surface area contributed by atoms with Gasteiger partial charge < -0.3 is 14.9 Å². The van der Waals surface area contributed by atoms with E-state index >= 15 is 0 Å². The van der Waals surface area contributed by atoms with Gasteiger partial charge >= 0.3 is 5.97 Å². The third-order valence-electron chi connectivity index (χ3n) is 3.17. The topological polar surface area (TPSA) is 66.8 Å². The molecular weight excluding hydrogens is 268 g/mol. The summed E-state index contributed by atoms with van der Waals surface area (Å²) in [5.41, 5.74) is 0.233. The van der Waals surface area contributed by atoms with Crippen molar-refractivity contribution in [3.63, 3.8) is 0 Å². The second-order valence-corrected chi connectivity index (χ2v) is 5.48. The zero-order valence-corrected chi connectivity index (χ0v) is 12.3. The van der Waals surface area contributed by atoms with E-state index in [1.165, 1.54) is 7.11 Å². The van der Waals surface area contributed by atoms with Crippen molar-refractivity contribution in [3.8, 4) is 11.5 Å². The van der Waals surface area contributed by atoms with E-state index in [2.05, 4.69) is 0 Å². The smallest absolute Gasteiger partial charge is 0.309 e. The largest absolute Gasteiger partial charge is 0.504 e. The fourth-order valence-corrected chi connectivity index (χ4v) is 2.17. The summed E-state index contributed by atoms with van der Waals surface area (Å²) in [7, 11) is 1.45. The van der Waals surface area contributed by atoms with E-state index in [4.69, 9.17) is 16.3 Å². The van der Waals surface area contributed by atoms with Crippen LogP contribution in [0.3, 0.4) is 0 Å². The molecule has 1 aromatic rings. The molecule has 2 N–H and O–H groups in total. The molecule has 106 valence electrons. The van der Waals surface area contributed by atoms with Crippen LogP contribution in [0.5, 0.6) is 11.5 Å². The first-order chi connectivity index (χ1) is 8.74. The second-order valence-electron chi connectivity index (χ2n) is 5.10. The van der Waals surface area contributed by atoms with Crippen LogP contribution in [0.1, 0.15) is 31.9 Å². The van der Waals surface area contributed by atoms with Gasteiger partial charge in [-0.05, 0) is 38.3 Å². The van der Waals surface area contributed by atoms with Crippen LogP contribution in [-0.2, 0) is 17.6 Å². The van der Waals surface area contributed by atoms with Gasteiger partial charge in [0.05, 0.1) is 17.5 Å². The number of halogens is 1. The molecule has 0 bridgehead atoms. The quantitative estimate of drug-likeness (QED) is 0.872. The minimum atomic E-state index is -1.02. The number of carboxylic acid groups (broad SMARTS) is 1. The number of hydrogen-bond acceptors (Lipinski definition) is 3. The lowest BCUT2D eigenvalue weighted by Gasteiger charge is -2.22. The standard InChI is InChI=1S/C14H19ClO4/c1-5-8-6-10(19-4)12(16)9(11(8)15)7-14(2,3)13(17)18/h6,16H,5,7H2,1-4H3,(H,17,18). The van der Waals surface area contributed by atoms with Crippen molar-refractivity contribution in [2.24, 2.45) is 5.41 Å². The van der Waals surface area contributed by atoms with Gasteiger partial charge in [-0.25, -0.2) is 0 Å². The van der Waals surface area contributed by atoms with Crippen molar-refractivity contribution in [1.29, 1.82) is 0 Å². The van der Waals surface area contributed by atoms with Gasteiger partial charge in [0.25, 0.3) is 0 Å². The zero-order valence-electron chi connectivity index (χ0n) is 11.6. The number of methoxy groups -OCH3 is 1. The molecular formula is C14H19ClO4. The van der Waals surface area contributed by atoms with Gasteiger partial charge in [0.1, 0.15) is 0 Å². The fourth-order valence-electron chi connectivity index (χ4n) is 1.83. The predicted molar refractivity (Wildman–Crippen MR) is 74.2 cm³/mol. The van der Waals surface area contributed by atoms with Gasteiger partial charge in [-0.15, -0.1) is 0 Å². The molecule has 1 aromatic carbocycles. The van der Waals surface area contributed by atoms with Crippen molar-refractivity contribution < 1.29 is 19.7 Å². The minimum absolute atomic E-state index is 0.0842. The van der Waals surface area contributed by atoms with Crippen molar-refractivity contribution in [2.45, 2.75) is 33.6 Å². The number of hydrogen-bond donors (Lipinski definition) is 2. The van der Waals surface area contributed by atoms with Crippen molar-refractivity contribution in [2.75, 3.05) is 7.11 Å². The van der Waals surface area contributed by atoms with Crippen LogP contribution in [0.4, 0.5) is 0 Å². The molecule has 0 heterocycles. The Labute approximate surface area is 118 Å². The van der Waals surface area contributed by atoms with E-state index in [1.54, 1.807) is 19.9 Å². The number of carbonyl (C=O) groups is 1. The molecule has 0 spiro atoms. The number of aliphatic carboxylic acids is 1. The van der Waals surface area contributed by atoms with Gasteiger partial charge in [-0.2, -0.15) is 0 Å². The van der Waals surface area contributed by atoms with Gasteiger partial charge in [-0.1, -0.05) is 18.5 Å². The van der Waals surface area contributed by atoms with Crippen LogP contribution in [0.2, 0.25) is 5.02 Å². The summed E-state index contributed by atoms with van der Waals surface area (Å²) >= 11 is 6.25. The first-order valence-electron chi connectivity index (χ1n) is 6.05. The summed E-state index contributed by atoms with van der Waals surface area (Å²) < 4.78 is 5.10. The maximum atomic E-state index is 11.2. The number of benzene rings is 1. The third kappa shape index (κ3) is 3.13. The van der Waals surface area contributed by atoms with Crippen molar-refractivity contribution >= 4 is 17.6 Å². The van der Waals surface area contributed by atoms with Crippen LogP contribution in [-0.4, -0.2) is 23.3 Å². The number of ether oxygens (including phenoxy) is 1. The molecule has 0 amide bonds. The first-order valence-corrected chi connectivity index (χ1v) is 6.43. The number of phenols is 1. The molecule has 0 atom stereocenters. The van der Waals surface area contributed by atoms with Crippen molar-refractivity contribution in [3.05, 3.63) is 22.2 Å². The lowest BCUT2D eigenvalue weighted by Crippen LogP contribution is -2.26. The van der Waals surface area contributed by atoms with Crippen LogP contribution < -0.4 is 4.74 Å². The molecule has 5 heteroatoms. The number of rotatable bonds is 5. The summed E-state index contributed by atoms with van der Waals surface area (Å²) in [6, 6.07) is 1.68. The molecule has 0 aliphatic heterocycles. The Morgan fingerprint density at radius 1 is 1.47 bits per heavy atom. The van der Waals surface area contributed by atoms with Crippen LogP contribution in [0, 0.1) is 5.41 Å². The minimum Gasteiger partial charge on any atom is -0.504 e. The van der Waals surface area contributed by atoms with Gasteiger partial charge in [0.2, 0.25) is 0 Å². The average molecular weight is 287 g/mol. The van der Waals surface area contributed by atoms with E-state index in [0.29, 0.717) is 22.8 Å².